The van der Waals surface area contributed by atoms with Gasteiger partial charge in [0.2, 0.25) is 0 Å². The van der Waals surface area contributed by atoms with Crippen LogP contribution in [0.25, 0.3) is 0 Å². The summed E-state index contributed by atoms with van der Waals surface area (Å²) in [5.41, 5.74) is -1.34. The molecule has 11 heteroatoms. The Kier molecular flexibility index (Phi) is 5.26. The predicted molar refractivity (Wildman–Crippen MR) is 73.4 cm³/mol. The quantitative estimate of drug-likeness (QED) is 0.514. The third-order valence-electron chi connectivity index (χ3n) is 2.74. The fourth-order valence-corrected chi connectivity index (χ4v) is 3.96. The number of carbonyl (C=O) groups excluding carboxylic acids is 1. The molecule has 0 aliphatic heterocycles. The first-order valence-electron chi connectivity index (χ1n) is 5.79. The van der Waals surface area contributed by atoms with Gasteiger partial charge < -0.3 is 30.1 Å². The topological polar surface area (TPSA) is 179 Å². The van der Waals surface area contributed by atoms with Crippen LogP contribution in [0, 0.1) is 11.3 Å². The van der Waals surface area contributed by atoms with E-state index in [9.17, 15) is 24.3 Å². The normalized spacial score (nSPS) is 10.7. The van der Waals surface area contributed by atoms with E-state index in [0.29, 0.717) is 0 Å². The summed E-state index contributed by atoms with van der Waals surface area (Å²) in [7, 11) is -1.49. The Hall–Kier alpha value is -3.13. The number of nitriles is 1. The molecule has 1 rings (SSSR count). The number of aromatic carboxylic acids is 2. The van der Waals surface area contributed by atoms with E-state index in [1.54, 1.807) is 0 Å². The minimum Gasteiger partial charge on any atom is -0.548 e. The Labute approximate surface area is 131 Å². The maximum absolute atomic E-state index is 11.3. The van der Waals surface area contributed by atoms with Crippen molar-refractivity contribution < 1.29 is 39.6 Å². The van der Waals surface area contributed by atoms with Gasteiger partial charge in [-0.05, 0) is 0 Å². The van der Waals surface area contributed by atoms with Crippen LogP contribution in [0.5, 0.6) is 0 Å². The van der Waals surface area contributed by atoms with Crippen LogP contribution in [0.4, 0.5) is 5.00 Å². The van der Waals surface area contributed by atoms with Gasteiger partial charge in [0.25, 0.3) is 9.88 Å². The Morgan fingerprint density at radius 3 is 2.09 bits per heavy atom. The summed E-state index contributed by atoms with van der Waals surface area (Å²) < 4.78 is 0. The monoisotopic (exact) mass is 342 g/mol. The molecule has 1 atom stereocenters. The summed E-state index contributed by atoms with van der Waals surface area (Å²) >= 11 is 0. The lowest BCUT2D eigenvalue weighted by molar-refractivity contribution is -0.303. The highest BCUT2D eigenvalue weighted by atomic mass is 32.2. The van der Waals surface area contributed by atoms with E-state index in [0.717, 1.165) is 4.90 Å². The Morgan fingerprint density at radius 2 is 1.74 bits per heavy atom. The molecule has 1 heterocycles. The average Bonchev–Trinajstić information content (AvgIpc) is 2.69. The zero-order valence-electron chi connectivity index (χ0n) is 11.6. The van der Waals surface area contributed by atoms with E-state index < -0.39 is 63.4 Å². The lowest BCUT2D eigenvalue weighted by atomic mass is 10.1. The molecule has 0 saturated carbocycles. The first-order chi connectivity index (χ1) is 10.6. The molecule has 0 aromatic carbocycles. The highest BCUT2D eigenvalue weighted by Crippen LogP contribution is 2.43. The van der Waals surface area contributed by atoms with Gasteiger partial charge in [-0.15, -0.1) is 0 Å². The summed E-state index contributed by atoms with van der Waals surface area (Å²) in [5, 5.41) is 46.9. The molecule has 23 heavy (non-hydrogen) atoms. The van der Waals surface area contributed by atoms with Gasteiger partial charge in [0.15, 0.2) is 11.1 Å². The lowest BCUT2D eigenvalue weighted by Crippen LogP contribution is -2.40. The predicted octanol–water partition coefficient (Wildman–Crippen LogP) is -1.12. The van der Waals surface area contributed by atoms with Crippen LogP contribution in [-0.2, 0) is 15.8 Å². The van der Waals surface area contributed by atoms with Crippen molar-refractivity contribution in [1.29, 1.82) is 5.26 Å². The molecular weight excluding hydrogens is 332 g/mol. The van der Waals surface area contributed by atoms with E-state index in [2.05, 4.69) is 0 Å². The molecule has 1 aromatic heterocycles. The number of rotatable bonds is 7. The van der Waals surface area contributed by atoms with Crippen LogP contribution in [0.15, 0.2) is 0 Å². The Bertz CT molecular complexity index is 729. The van der Waals surface area contributed by atoms with Crippen molar-refractivity contribution in [3.8, 4) is 6.07 Å². The molecule has 10 nitrogen and oxygen atoms in total. The number of aliphatic carboxylic acids is 2. The number of carboxylic acid groups (broad SMARTS) is 4. The van der Waals surface area contributed by atoms with Gasteiger partial charge in [-0.2, -0.15) is 5.26 Å². The summed E-state index contributed by atoms with van der Waals surface area (Å²) in [4.78, 5) is 44.4. The molecule has 0 amide bonds. The molecular formula is C12H10N2O8S. The molecule has 0 bridgehead atoms. The molecule has 0 spiro atoms. The van der Waals surface area contributed by atoms with Crippen LogP contribution in [0.2, 0.25) is 0 Å². The highest BCUT2D eigenvalue weighted by molar-refractivity contribution is 7.35. The van der Waals surface area contributed by atoms with Gasteiger partial charge in [-0.3, -0.25) is 4.79 Å². The second kappa shape index (κ2) is 6.75. The minimum absolute atomic E-state index is 0.256. The molecule has 0 radical (unpaired) electrons. The van der Waals surface area contributed by atoms with Gasteiger partial charge in [0, 0.05) is 10.5 Å². The largest absolute Gasteiger partial charge is 0.548 e. The van der Waals surface area contributed by atoms with Gasteiger partial charge >= 0.3 is 17.9 Å². The number of carbonyl (C=O) groups is 4. The molecule has 0 fully saturated rings. The first kappa shape index (κ1) is 17.9. The molecule has 3 N–H and O–H groups in total. The van der Waals surface area contributed by atoms with Gasteiger partial charge in [0.05, 0.1) is 12.5 Å². The van der Waals surface area contributed by atoms with E-state index in [1.165, 1.54) is 12.3 Å². The molecule has 0 saturated heterocycles. The van der Waals surface area contributed by atoms with E-state index >= 15 is 0 Å². The van der Waals surface area contributed by atoms with Crippen molar-refractivity contribution in [2.75, 3.05) is 18.0 Å². The van der Waals surface area contributed by atoms with Crippen LogP contribution in [-0.4, -0.2) is 52.3 Å². The summed E-state index contributed by atoms with van der Waals surface area (Å²) in [5.74, 6) is -6.35. The zero-order valence-corrected chi connectivity index (χ0v) is 12.4. The molecule has 0 aliphatic carbocycles. The minimum atomic E-state index is -1.67. The maximum atomic E-state index is 11.3. The molecule has 1 unspecified atom stereocenters. The lowest BCUT2D eigenvalue weighted by Gasteiger charge is -2.19. The fourth-order valence-electron chi connectivity index (χ4n) is 2.04. The van der Waals surface area contributed by atoms with Crippen molar-refractivity contribution in [3.05, 3.63) is 16.0 Å². The smallest absolute Gasteiger partial charge is 0.390 e. The first-order valence-corrected chi connectivity index (χ1v) is 7.43. The van der Waals surface area contributed by atoms with E-state index in [-0.39, 0.29) is 5.00 Å². The highest BCUT2D eigenvalue weighted by Gasteiger charge is 2.41. The fraction of sp³-hybridized carbons (Fsp3) is 0.250. The Morgan fingerprint density at radius 1 is 1.17 bits per heavy atom. The number of hydrogen-bond acceptors (Lipinski definition) is 7. The number of anilines is 1. The summed E-state index contributed by atoms with van der Waals surface area (Å²) in [6.45, 7) is -1.78. The van der Waals surface area contributed by atoms with Crippen LogP contribution in [0.3, 0.4) is 0 Å². The van der Waals surface area contributed by atoms with Gasteiger partial charge in [0.1, 0.15) is 18.9 Å². The van der Waals surface area contributed by atoms with Crippen molar-refractivity contribution in [2.24, 2.45) is 6.26 Å². The zero-order chi connectivity index (χ0) is 17.9. The number of hydrogen-bond donors (Lipinski definition) is 3. The van der Waals surface area contributed by atoms with Gasteiger partial charge in [-0.1, -0.05) is 0 Å². The van der Waals surface area contributed by atoms with Crippen LogP contribution < -0.4 is 10.0 Å². The van der Waals surface area contributed by atoms with Gasteiger partial charge in [-0.25, -0.2) is 9.59 Å². The molecule has 1 aromatic rings. The summed E-state index contributed by atoms with van der Waals surface area (Å²) in [6, 6.07) is 1.52. The van der Waals surface area contributed by atoms with Crippen molar-refractivity contribution in [3.63, 3.8) is 0 Å². The third-order valence-corrected chi connectivity index (χ3v) is 4.77. The standard InChI is InChI=1S/C12H10N2O8S/c1-23-9(12(21)22)8(11(19)20)5(2-13)10(23)14(3-6(15)16)4-7(17)18/h3-4H2,1H3,(H3-,15,16,17,18,19,20,21,22). The maximum Gasteiger partial charge on any atom is 0.390 e. The van der Waals surface area contributed by atoms with Crippen LogP contribution in [0.1, 0.15) is 25.6 Å². The Balaban J connectivity index is 3.73. The third kappa shape index (κ3) is 3.55. The SMILES string of the molecule is C[s+]1c(C(=O)O)c(C(=O)O)c(C#N)c1N(CC(=O)[O-])CC(=O)O. The number of nitrogens with zero attached hydrogens (tertiary/aromatic N) is 2. The molecule has 122 valence electrons. The van der Waals surface area contributed by atoms with Crippen molar-refractivity contribution in [1.82, 2.24) is 0 Å². The second-order valence-electron chi connectivity index (χ2n) is 4.24. The van der Waals surface area contributed by atoms with Crippen molar-refractivity contribution in [2.45, 2.75) is 0 Å². The molecule has 0 aliphatic rings. The second-order valence-corrected chi connectivity index (χ2v) is 6.05. The average molecular weight is 342 g/mol. The summed E-state index contributed by atoms with van der Waals surface area (Å²) in [6.07, 6.45) is 1.27. The van der Waals surface area contributed by atoms with E-state index in [4.69, 9.17) is 20.6 Å². The van der Waals surface area contributed by atoms with E-state index in [1.807, 2.05) is 0 Å². The van der Waals surface area contributed by atoms with Crippen LogP contribution >= 0.6 is 10.5 Å². The number of carboxylic acids is 4. The van der Waals surface area contributed by atoms with Crippen molar-refractivity contribution >= 4 is 39.3 Å². The number of thiophene rings is 1.